The molecule has 0 bridgehead atoms. The van der Waals surface area contributed by atoms with Crippen LogP contribution in [0.25, 0.3) is 17.2 Å². The van der Waals surface area contributed by atoms with Crippen LogP contribution < -0.4 is 15.5 Å². The minimum Gasteiger partial charge on any atom is -0.384 e. The summed E-state index contributed by atoms with van der Waals surface area (Å²) in [6, 6.07) is 32.2. The molecule has 2 heterocycles. The third kappa shape index (κ3) is 5.43. The second-order valence-electron chi connectivity index (χ2n) is 11.9. The van der Waals surface area contributed by atoms with Gasteiger partial charge in [0.15, 0.2) is 0 Å². The van der Waals surface area contributed by atoms with E-state index in [-0.39, 0.29) is 5.84 Å². The van der Waals surface area contributed by atoms with Gasteiger partial charge in [-0.2, -0.15) is 0 Å². The van der Waals surface area contributed by atoms with Gasteiger partial charge in [0.25, 0.3) is 0 Å². The smallest absolute Gasteiger partial charge is 0.122 e. The van der Waals surface area contributed by atoms with Crippen LogP contribution >= 0.6 is 0 Å². The average Bonchev–Trinajstić information content (AvgIpc) is 3.34. The van der Waals surface area contributed by atoms with E-state index < -0.39 is 0 Å². The molecule has 0 unspecified atom stereocenters. The topological polar surface area (TPSA) is 56.4 Å². The fraction of sp³-hybridized carbons (Fsp3) is 0.119. The van der Waals surface area contributed by atoms with E-state index in [1.165, 1.54) is 33.6 Å². The summed E-state index contributed by atoms with van der Waals surface area (Å²) in [6.07, 6.45) is 19.4. The quantitative estimate of drug-likeness (QED) is 0.177. The van der Waals surface area contributed by atoms with Crippen molar-refractivity contribution in [1.82, 2.24) is 0 Å². The lowest BCUT2D eigenvalue weighted by Crippen LogP contribution is -2.18. The summed E-state index contributed by atoms with van der Waals surface area (Å²) in [5, 5.41) is 7.85. The molecule has 0 amide bonds. The number of rotatable bonds is 5. The van der Waals surface area contributed by atoms with Crippen molar-refractivity contribution in [3.8, 4) is 11.1 Å². The van der Waals surface area contributed by atoms with E-state index in [0.717, 1.165) is 65.1 Å². The summed E-state index contributed by atoms with van der Waals surface area (Å²) in [4.78, 5) is 4.65. The second kappa shape index (κ2) is 12.4. The Labute approximate surface area is 272 Å². The standard InChI is InChI=1S/C42H38N4/c1-3-4-10-30-15-17-35-27-33(21-25-40(35)45(29(30)2)37-12-6-5-7-13-37)34-22-26-41-36(28-34)18-16-31-11-8-9-14-39(31)46(41)38-23-19-32(20-24-38)42(43)44/h3-7,9-10,12-15,17,19-28H,2,8,11,16,18H2,1H3,(H3,43,44)/b4-3-,30-10-. The highest BCUT2D eigenvalue weighted by Gasteiger charge is 2.26. The Hall–Kier alpha value is -5.61. The third-order valence-corrected chi connectivity index (χ3v) is 9.07. The molecule has 2 aliphatic heterocycles. The van der Waals surface area contributed by atoms with Gasteiger partial charge in [-0.05, 0) is 133 Å². The van der Waals surface area contributed by atoms with Crippen LogP contribution in [0.15, 0.2) is 157 Å². The number of benzene rings is 4. The highest BCUT2D eigenvalue weighted by molar-refractivity contribution is 5.95. The minimum absolute atomic E-state index is 0.0850. The molecule has 1 aliphatic carbocycles. The molecule has 4 nitrogen and oxygen atoms in total. The highest BCUT2D eigenvalue weighted by Crippen LogP contribution is 2.44. The lowest BCUT2D eigenvalue weighted by Gasteiger charge is -2.30. The Bertz CT molecular complexity index is 1990. The molecule has 0 aromatic heterocycles. The highest BCUT2D eigenvalue weighted by atomic mass is 15.2. The van der Waals surface area contributed by atoms with Crippen LogP contribution in [-0.2, 0) is 6.42 Å². The van der Waals surface area contributed by atoms with E-state index in [1.54, 1.807) is 0 Å². The first-order valence-corrected chi connectivity index (χ1v) is 16.0. The predicted molar refractivity (Wildman–Crippen MR) is 195 cm³/mol. The summed E-state index contributed by atoms with van der Waals surface area (Å²) in [5.74, 6) is 0.0850. The largest absolute Gasteiger partial charge is 0.384 e. The van der Waals surface area contributed by atoms with Crippen LogP contribution in [0.3, 0.4) is 0 Å². The zero-order valence-electron chi connectivity index (χ0n) is 26.2. The molecule has 0 atom stereocenters. The van der Waals surface area contributed by atoms with Crippen LogP contribution in [0.4, 0.5) is 22.7 Å². The second-order valence-corrected chi connectivity index (χ2v) is 11.9. The molecule has 46 heavy (non-hydrogen) atoms. The number of nitrogens with two attached hydrogens (primary N) is 1. The van der Waals surface area contributed by atoms with Gasteiger partial charge in [0.2, 0.25) is 0 Å². The van der Waals surface area contributed by atoms with Gasteiger partial charge in [-0.25, -0.2) is 0 Å². The van der Waals surface area contributed by atoms with Crippen molar-refractivity contribution >= 4 is 34.7 Å². The molecule has 0 saturated carbocycles. The Balaban J connectivity index is 1.31. The number of nitrogen functional groups attached to an aromatic ring is 1. The van der Waals surface area contributed by atoms with Crippen LogP contribution in [-0.4, -0.2) is 5.84 Å². The summed E-state index contributed by atoms with van der Waals surface area (Å²) >= 11 is 0. The summed E-state index contributed by atoms with van der Waals surface area (Å²) < 4.78 is 0. The van der Waals surface area contributed by atoms with Crippen molar-refractivity contribution in [3.63, 3.8) is 0 Å². The number of para-hydroxylation sites is 1. The first-order chi connectivity index (χ1) is 22.5. The van der Waals surface area contributed by atoms with Gasteiger partial charge >= 0.3 is 0 Å². The number of fused-ring (bicyclic) bond motifs is 2. The SMILES string of the molecule is C=C1/C(=C\C=C/C)C=Cc2cc(-c3ccc4c(c3)CCC3=C(C=CCC3)N4c3ccc(C(=N)N)cc3)ccc2N1c1ccccc1. The lowest BCUT2D eigenvalue weighted by molar-refractivity contribution is 0.833. The van der Waals surface area contributed by atoms with Crippen LogP contribution in [0.5, 0.6) is 0 Å². The zero-order chi connectivity index (χ0) is 31.6. The van der Waals surface area contributed by atoms with Crippen LogP contribution in [0.1, 0.15) is 42.9 Å². The molecule has 0 spiro atoms. The van der Waals surface area contributed by atoms with E-state index in [2.05, 4.69) is 126 Å². The van der Waals surface area contributed by atoms with E-state index in [9.17, 15) is 0 Å². The molecule has 0 radical (unpaired) electrons. The number of nitrogens with zero attached hydrogens (tertiary/aromatic N) is 2. The Morgan fingerprint density at radius 1 is 0.783 bits per heavy atom. The number of nitrogens with one attached hydrogen (secondary N) is 1. The average molecular weight is 599 g/mol. The van der Waals surface area contributed by atoms with E-state index in [4.69, 9.17) is 11.1 Å². The lowest BCUT2D eigenvalue weighted by atomic mass is 9.95. The number of allylic oxidation sites excluding steroid dienone is 7. The molecule has 4 aromatic rings. The summed E-state index contributed by atoms with van der Waals surface area (Å²) in [7, 11) is 0. The summed E-state index contributed by atoms with van der Waals surface area (Å²) in [6.45, 7) is 6.55. The van der Waals surface area contributed by atoms with Crippen LogP contribution in [0, 0.1) is 5.41 Å². The van der Waals surface area contributed by atoms with Crippen molar-refractivity contribution < 1.29 is 0 Å². The predicted octanol–water partition coefficient (Wildman–Crippen LogP) is 10.5. The van der Waals surface area contributed by atoms with Gasteiger partial charge in [-0.3, -0.25) is 5.41 Å². The number of aryl methyl sites for hydroxylation is 1. The molecule has 4 heteroatoms. The normalized spacial score (nSPS) is 16.7. The maximum atomic E-state index is 7.85. The maximum absolute atomic E-state index is 7.85. The molecule has 226 valence electrons. The van der Waals surface area contributed by atoms with E-state index in [1.807, 2.05) is 31.2 Å². The number of amidine groups is 1. The van der Waals surface area contributed by atoms with Gasteiger partial charge in [0, 0.05) is 34.0 Å². The molecule has 4 aromatic carbocycles. The fourth-order valence-electron chi connectivity index (χ4n) is 6.70. The molecule has 0 fully saturated rings. The first-order valence-electron chi connectivity index (χ1n) is 16.0. The van der Waals surface area contributed by atoms with E-state index in [0.29, 0.717) is 0 Å². The summed E-state index contributed by atoms with van der Waals surface area (Å²) in [5.41, 5.74) is 20.6. The maximum Gasteiger partial charge on any atom is 0.122 e. The number of anilines is 4. The van der Waals surface area contributed by atoms with E-state index >= 15 is 0 Å². The van der Waals surface area contributed by atoms with Crippen molar-refractivity contribution in [2.75, 3.05) is 9.80 Å². The Kier molecular flexibility index (Phi) is 7.86. The monoisotopic (exact) mass is 598 g/mol. The van der Waals surface area contributed by atoms with Gasteiger partial charge in [0.05, 0.1) is 5.69 Å². The number of hydrogen-bond donors (Lipinski definition) is 2. The molecule has 7 rings (SSSR count). The van der Waals surface area contributed by atoms with Crippen molar-refractivity contribution in [2.24, 2.45) is 5.73 Å². The Morgan fingerprint density at radius 2 is 1.52 bits per heavy atom. The van der Waals surface area contributed by atoms with Crippen LogP contribution in [0.2, 0.25) is 0 Å². The van der Waals surface area contributed by atoms with Crippen molar-refractivity contribution in [3.05, 3.63) is 173 Å². The number of hydrogen-bond acceptors (Lipinski definition) is 3. The van der Waals surface area contributed by atoms with Gasteiger partial charge in [-0.15, -0.1) is 0 Å². The van der Waals surface area contributed by atoms with Gasteiger partial charge in [0.1, 0.15) is 5.84 Å². The van der Waals surface area contributed by atoms with Gasteiger partial charge < -0.3 is 15.5 Å². The molecular formula is C42H38N4. The molecule has 0 saturated heterocycles. The molecular weight excluding hydrogens is 560 g/mol. The molecule has 3 N–H and O–H groups in total. The first kappa shape index (κ1) is 29.1. The Morgan fingerprint density at radius 3 is 2.28 bits per heavy atom. The van der Waals surface area contributed by atoms with Crippen molar-refractivity contribution in [2.45, 2.75) is 32.6 Å². The zero-order valence-corrected chi connectivity index (χ0v) is 26.2. The minimum atomic E-state index is 0.0850. The third-order valence-electron chi connectivity index (χ3n) is 9.07. The fourth-order valence-corrected chi connectivity index (χ4v) is 6.70. The van der Waals surface area contributed by atoms with Gasteiger partial charge in [-0.1, -0.05) is 73.4 Å². The molecule has 3 aliphatic rings. The van der Waals surface area contributed by atoms with Crippen molar-refractivity contribution in [1.29, 1.82) is 5.41 Å².